The summed E-state index contributed by atoms with van der Waals surface area (Å²) < 4.78 is 0. The van der Waals surface area contributed by atoms with E-state index in [1.54, 1.807) is 0 Å². The minimum atomic E-state index is 0.0694. The van der Waals surface area contributed by atoms with Crippen LogP contribution in [0.1, 0.15) is 40.5 Å². The third kappa shape index (κ3) is 68.6. The molecular formula is C10H23AlO2. The summed E-state index contributed by atoms with van der Waals surface area (Å²) in [6, 6.07) is 0. The average Bonchev–Trinajstić information content (AvgIpc) is 2.18. The summed E-state index contributed by atoms with van der Waals surface area (Å²) in [7, 11) is 0. The van der Waals surface area contributed by atoms with Gasteiger partial charge in [0.25, 0.3) is 0 Å². The fourth-order valence-corrected chi connectivity index (χ4v) is 0. The van der Waals surface area contributed by atoms with Crippen LogP contribution in [0.3, 0.4) is 0 Å². The quantitative estimate of drug-likeness (QED) is 0.634. The molecule has 0 aliphatic rings. The molecule has 0 unspecified atom stereocenters. The van der Waals surface area contributed by atoms with Crippen molar-refractivity contribution in [1.29, 1.82) is 0 Å². The van der Waals surface area contributed by atoms with Gasteiger partial charge in [0.05, 0.1) is 0 Å². The molecule has 0 amide bonds. The molecule has 13 heavy (non-hydrogen) atoms. The Morgan fingerprint density at radius 1 is 1.00 bits per heavy atom. The van der Waals surface area contributed by atoms with Crippen LogP contribution >= 0.6 is 0 Å². The van der Waals surface area contributed by atoms with Crippen LogP contribution in [0.25, 0.3) is 0 Å². The van der Waals surface area contributed by atoms with E-state index in [1.165, 1.54) is 5.28 Å². The van der Waals surface area contributed by atoms with E-state index in [0.29, 0.717) is 0 Å². The number of hydrogen-bond donors (Lipinski definition) is 0. The summed E-state index contributed by atoms with van der Waals surface area (Å²) in [5, 5.41) is 19.8. The molecule has 0 N–H and O–H groups in total. The van der Waals surface area contributed by atoms with Crippen molar-refractivity contribution in [2.45, 2.75) is 45.8 Å². The Balaban J connectivity index is -0.000000117. The molecule has 0 radical (unpaired) electrons. The minimum Gasteiger partial charge on any atom is -0.854 e. The van der Waals surface area contributed by atoms with Crippen LogP contribution in [-0.4, -0.2) is 29.5 Å². The second kappa shape index (κ2) is 22.9. The van der Waals surface area contributed by atoms with E-state index < -0.39 is 0 Å². The fraction of sp³-hybridized carbons (Fsp3) is 1.00. The smallest absolute Gasteiger partial charge is 0.0667 e. The zero-order valence-corrected chi connectivity index (χ0v) is 10.7. The zero-order valence-electron chi connectivity index (χ0n) is 9.51. The summed E-state index contributed by atoms with van der Waals surface area (Å²) >= 11 is 2.69. The topological polar surface area (TPSA) is 46.1 Å². The van der Waals surface area contributed by atoms with E-state index >= 15 is 0 Å². The number of hydrogen-bond acceptors (Lipinski definition) is 2. The molecule has 3 heteroatoms. The number of rotatable bonds is 3. The van der Waals surface area contributed by atoms with Crippen LogP contribution in [-0.2, 0) is 0 Å². The van der Waals surface area contributed by atoms with Crippen molar-refractivity contribution in [2.24, 2.45) is 5.92 Å². The molecule has 0 fully saturated rings. The van der Waals surface area contributed by atoms with E-state index in [-0.39, 0.29) is 13.2 Å². The summed E-state index contributed by atoms with van der Waals surface area (Å²) in [4.78, 5) is 0. The molecule has 78 valence electrons. The predicted octanol–water partition coefficient (Wildman–Crippen LogP) is 0.743. The Bertz CT molecular complexity index is 50.9. The fourth-order valence-electron chi connectivity index (χ4n) is 0. The first kappa shape index (κ1) is 19.1. The van der Waals surface area contributed by atoms with Crippen molar-refractivity contribution in [2.75, 3.05) is 13.2 Å². The Labute approximate surface area is 91.8 Å². The Morgan fingerprint density at radius 2 is 1.15 bits per heavy atom. The predicted molar refractivity (Wildman–Crippen MR) is 55.7 cm³/mol. The standard InChI is InChI=1S/C4H9.2C3H7O.Al/c1-4(2)3;2*1-2-3-4;/h4H,1H2,2-3H3;2*2-3H2,1H3;/q;2*-1;+2. The minimum absolute atomic E-state index is 0.0694. The molecule has 0 atom stereocenters. The van der Waals surface area contributed by atoms with Crippen LogP contribution < -0.4 is 10.2 Å². The van der Waals surface area contributed by atoms with E-state index in [0.717, 1.165) is 18.8 Å². The first-order chi connectivity index (χ1) is 6.10. The molecule has 0 aliphatic heterocycles. The monoisotopic (exact) mass is 202 g/mol. The van der Waals surface area contributed by atoms with Crippen LogP contribution in [0, 0.1) is 5.92 Å². The Kier molecular flexibility index (Phi) is 33.6. The maximum absolute atomic E-state index is 9.30. The normalized spacial score (nSPS) is 8.38. The maximum Gasteiger partial charge on any atom is -0.0667 e. The first-order valence-electron chi connectivity index (χ1n) is 4.96. The van der Waals surface area contributed by atoms with Gasteiger partial charge in [-0.1, -0.05) is 26.7 Å². The molecule has 2 nitrogen and oxygen atoms in total. The summed E-state index contributed by atoms with van der Waals surface area (Å²) in [6.07, 6.45) is 1.53. The second-order valence-corrected chi connectivity index (χ2v) is 3.51. The van der Waals surface area contributed by atoms with Crippen molar-refractivity contribution in [3.05, 3.63) is 0 Å². The van der Waals surface area contributed by atoms with Gasteiger partial charge in [-0.25, -0.2) is 0 Å². The van der Waals surface area contributed by atoms with E-state index in [4.69, 9.17) is 0 Å². The molecule has 0 heterocycles. The van der Waals surface area contributed by atoms with Gasteiger partial charge in [0.2, 0.25) is 0 Å². The third-order valence-electron chi connectivity index (χ3n) is 0.880. The maximum atomic E-state index is 9.30. The Hall–Kier alpha value is 0.452. The van der Waals surface area contributed by atoms with Crippen molar-refractivity contribution < 1.29 is 10.2 Å². The van der Waals surface area contributed by atoms with E-state index in [2.05, 4.69) is 30.1 Å². The van der Waals surface area contributed by atoms with Gasteiger partial charge >= 0.3 is 41.3 Å². The summed E-state index contributed by atoms with van der Waals surface area (Å²) in [6.45, 7) is 8.28. The summed E-state index contributed by atoms with van der Waals surface area (Å²) in [5.74, 6) is 0.847. The third-order valence-corrected chi connectivity index (χ3v) is 1.82. The molecular weight excluding hydrogens is 179 g/mol. The van der Waals surface area contributed by atoms with Gasteiger partial charge in [0, 0.05) is 0 Å². The molecule has 0 aromatic carbocycles. The Morgan fingerprint density at radius 3 is 1.15 bits per heavy atom. The van der Waals surface area contributed by atoms with E-state index in [9.17, 15) is 10.2 Å². The molecule has 0 saturated heterocycles. The van der Waals surface area contributed by atoms with Gasteiger partial charge in [0.1, 0.15) is 0 Å². The van der Waals surface area contributed by atoms with E-state index in [1.807, 2.05) is 13.8 Å². The molecule has 0 spiro atoms. The molecule has 0 aromatic heterocycles. The van der Waals surface area contributed by atoms with Gasteiger partial charge in [-0.05, 0) is 0 Å². The van der Waals surface area contributed by atoms with Crippen LogP contribution in [0.4, 0.5) is 0 Å². The van der Waals surface area contributed by atoms with Crippen molar-refractivity contribution in [1.82, 2.24) is 0 Å². The van der Waals surface area contributed by atoms with Gasteiger partial charge < -0.3 is 10.2 Å². The zero-order chi connectivity index (χ0) is 11.1. The summed E-state index contributed by atoms with van der Waals surface area (Å²) in [5.41, 5.74) is 0. The first-order valence-corrected chi connectivity index (χ1v) is 5.78. The van der Waals surface area contributed by atoms with Gasteiger partial charge in [-0.15, -0.1) is 13.2 Å². The van der Waals surface area contributed by atoms with Crippen molar-refractivity contribution in [3.63, 3.8) is 0 Å². The second-order valence-electron chi connectivity index (χ2n) is 3.04. The van der Waals surface area contributed by atoms with Gasteiger partial charge in [-0.3, -0.25) is 0 Å². The van der Waals surface area contributed by atoms with Crippen LogP contribution in [0.2, 0.25) is 5.28 Å². The van der Waals surface area contributed by atoms with Gasteiger partial charge in [0.15, 0.2) is 0 Å². The molecule has 0 aliphatic carbocycles. The average molecular weight is 202 g/mol. The SMILES string of the molecule is CC(C)[CH2][Al+2].CCC[O-].CCC[O-]. The van der Waals surface area contributed by atoms with Crippen molar-refractivity contribution >= 4 is 16.3 Å². The van der Waals surface area contributed by atoms with Crippen LogP contribution in [0.15, 0.2) is 0 Å². The molecule has 0 bridgehead atoms. The largest absolute Gasteiger partial charge is 0.854 e. The van der Waals surface area contributed by atoms with Crippen molar-refractivity contribution in [3.8, 4) is 0 Å². The van der Waals surface area contributed by atoms with Crippen LogP contribution in [0.5, 0.6) is 0 Å². The molecule has 0 saturated carbocycles. The molecule has 0 aromatic rings. The molecule has 0 rings (SSSR count). The van der Waals surface area contributed by atoms with Gasteiger partial charge in [-0.2, -0.15) is 0 Å².